The summed E-state index contributed by atoms with van der Waals surface area (Å²) in [6, 6.07) is 3.08. The molecule has 0 spiro atoms. The molecule has 0 aliphatic rings. The molecule has 0 bridgehead atoms. The van der Waals surface area contributed by atoms with Gasteiger partial charge in [-0.3, -0.25) is 0 Å². The Bertz CT molecular complexity index is 558. The molecule has 108 valence electrons. The summed E-state index contributed by atoms with van der Waals surface area (Å²) in [5.74, 6) is 0. The molecule has 3 N–H and O–H groups in total. The van der Waals surface area contributed by atoms with Gasteiger partial charge in [0.15, 0.2) is 0 Å². The van der Waals surface area contributed by atoms with Crippen molar-refractivity contribution < 1.29 is 8.42 Å². The molecule has 0 saturated heterocycles. The lowest BCUT2D eigenvalue weighted by molar-refractivity contribution is 0.370. The molecule has 0 aliphatic carbocycles. The SMILES string of the molecule is Cc1c(N)cc(Br)cc1S(=O)(=O)NC(C)CN(C)C. The van der Waals surface area contributed by atoms with Gasteiger partial charge in [0.1, 0.15) is 0 Å². The van der Waals surface area contributed by atoms with Crippen molar-refractivity contribution in [3.63, 3.8) is 0 Å². The highest BCUT2D eigenvalue weighted by Gasteiger charge is 2.21. The molecule has 1 rings (SSSR count). The van der Waals surface area contributed by atoms with Gasteiger partial charge in [0.05, 0.1) is 4.90 Å². The van der Waals surface area contributed by atoms with E-state index in [-0.39, 0.29) is 10.9 Å². The number of hydrogen-bond donors (Lipinski definition) is 2. The fourth-order valence-electron chi connectivity index (χ4n) is 1.87. The molecule has 1 aromatic rings. The molecule has 0 fully saturated rings. The van der Waals surface area contributed by atoms with E-state index in [2.05, 4.69) is 20.7 Å². The Labute approximate surface area is 123 Å². The largest absolute Gasteiger partial charge is 0.398 e. The number of nitrogen functional groups attached to an aromatic ring is 1. The van der Waals surface area contributed by atoms with Crippen LogP contribution in [0, 0.1) is 6.92 Å². The van der Waals surface area contributed by atoms with Gasteiger partial charge in [0.2, 0.25) is 10.0 Å². The van der Waals surface area contributed by atoms with Crippen LogP contribution in [0.3, 0.4) is 0 Å². The number of benzene rings is 1. The van der Waals surface area contributed by atoms with Crippen molar-refractivity contribution in [3.05, 3.63) is 22.2 Å². The molecule has 1 aromatic carbocycles. The second kappa shape index (κ2) is 6.21. The van der Waals surface area contributed by atoms with Crippen LogP contribution in [0.25, 0.3) is 0 Å². The number of rotatable bonds is 5. The van der Waals surface area contributed by atoms with Crippen LogP contribution in [0.5, 0.6) is 0 Å². The van der Waals surface area contributed by atoms with Crippen LogP contribution in [0.1, 0.15) is 12.5 Å². The number of sulfonamides is 1. The van der Waals surface area contributed by atoms with E-state index in [0.29, 0.717) is 22.3 Å². The highest BCUT2D eigenvalue weighted by atomic mass is 79.9. The highest BCUT2D eigenvalue weighted by Crippen LogP contribution is 2.26. The molecule has 0 amide bonds. The number of anilines is 1. The third kappa shape index (κ3) is 4.45. The maximum absolute atomic E-state index is 12.3. The molecule has 0 radical (unpaired) electrons. The van der Waals surface area contributed by atoms with Crippen LogP contribution < -0.4 is 10.5 Å². The fourth-order valence-corrected chi connectivity index (χ4v) is 4.03. The maximum atomic E-state index is 12.3. The van der Waals surface area contributed by atoms with Crippen LogP contribution in [-0.2, 0) is 10.0 Å². The summed E-state index contributed by atoms with van der Waals surface area (Å²) in [6.07, 6.45) is 0. The van der Waals surface area contributed by atoms with E-state index in [0.717, 1.165) is 0 Å². The first-order valence-electron chi connectivity index (χ1n) is 5.86. The monoisotopic (exact) mass is 349 g/mol. The van der Waals surface area contributed by atoms with Gasteiger partial charge in [0.25, 0.3) is 0 Å². The number of nitrogens with zero attached hydrogens (tertiary/aromatic N) is 1. The predicted molar refractivity (Wildman–Crippen MR) is 81.6 cm³/mol. The Balaban J connectivity index is 3.07. The average molecular weight is 350 g/mol. The minimum absolute atomic E-state index is 0.181. The molecule has 5 nitrogen and oxygen atoms in total. The van der Waals surface area contributed by atoms with Crippen LogP contribution in [0.2, 0.25) is 0 Å². The Morgan fingerprint density at radius 2 is 2.00 bits per heavy atom. The molecule has 7 heteroatoms. The van der Waals surface area contributed by atoms with Crippen LogP contribution in [-0.4, -0.2) is 40.0 Å². The van der Waals surface area contributed by atoms with Gasteiger partial charge in [0, 0.05) is 22.7 Å². The lowest BCUT2D eigenvalue weighted by atomic mass is 10.2. The van der Waals surface area contributed by atoms with Gasteiger partial charge in [-0.2, -0.15) is 0 Å². The van der Waals surface area contributed by atoms with E-state index in [1.807, 2.05) is 25.9 Å². The average Bonchev–Trinajstić information content (AvgIpc) is 2.20. The molecule has 0 aliphatic heterocycles. The Hall–Kier alpha value is -0.630. The van der Waals surface area contributed by atoms with Crippen molar-refractivity contribution in [2.45, 2.75) is 24.8 Å². The van der Waals surface area contributed by atoms with E-state index in [1.54, 1.807) is 19.1 Å². The van der Waals surface area contributed by atoms with Crippen LogP contribution in [0.15, 0.2) is 21.5 Å². The van der Waals surface area contributed by atoms with Crippen molar-refractivity contribution >= 4 is 31.6 Å². The Kier molecular flexibility index (Phi) is 5.37. The van der Waals surface area contributed by atoms with Crippen molar-refractivity contribution in [2.75, 3.05) is 26.4 Å². The third-order valence-electron chi connectivity index (χ3n) is 2.65. The van der Waals surface area contributed by atoms with Crippen molar-refractivity contribution in [3.8, 4) is 0 Å². The highest BCUT2D eigenvalue weighted by molar-refractivity contribution is 9.10. The number of nitrogens with one attached hydrogen (secondary N) is 1. The zero-order valence-electron chi connectivity index (χ0n) is 11.6. The fraction of sp³-hybridized carbons (Fsp3) is 0.500. The minimum Gasteiger partial charge on any atom is -0.398 e. The summed E-state index contributed by atoms with van der Waals surface area (Å²) in [6.45, 7) is 4.16. The van der Waals surface area contributed by atoms with Crippen LogP contribution >= 0.6 is 15.9 Å². The normalized spacial score (nSPS) is 13.8. The van der Waals surface area contributed by atoms with Crippen LogP contribution in [0.4, 0.5) is 5.69 Å². The van der Waals surface area contributed by atoms with Gasteiger partial charge < -0.3 is 10.6 Å². The van der Waals surface area contributed by atoms with Crippen molar-refractivity contribution in [1.29, 1.82) is 0 Å². The van der Waals surface area contributed by atoms with Gasteiger partial charge in [-0.25, -0.2) is 13.1 Å². The van der Waals surface area contributed by atoms with Gasteiger partial charge in [-0.15, -0.1) is 0 Å². The molecular weight excluding hydrogens is 330 g/mol. The number of hydrogen-bond acceptors (Lipinski definition) is 4. The first kappa shape index (κ1) is 16.4. The maximum Gasteiger partial charge on any atom is 0.241 e. The second-order valence-corrected chi connectivity index (χ2v) is 7.50. The summed E-state index contributed by atoms with van der Waals surface area (Å²) in [5.41, 5.74) is 6.82. The van der Waals surface area contributed by atoms with E-state index >= 15 is 0 Å². The number of nitrogens with two attached hydrogens (primary N) is 1. The minimum atomic E-state index is -3.57. The summed E-state index contributed by atoms with van der Waals surface area (Å²) in [4.78, 5) is 2.14. The van der Waals surface area contributed by atoms with Gasteiger partial charge in [-0.1, -0.05) is 15.9 Å². The summed E-state index contributed by atoms with van der Waals surface area (Å²) in [7, 11) is 0.224. The molecule has 1 atom stereocenters. The molecule has 0 aromatic heterocycles. The molecule has 19 heavy (non-hydrogen) atoms. The molecule has 0 heterocycles. The van der Waals surface area contributed by atoms with Crippen molar-refractivity contribution in [1.82, 2.24) is 9.62 Å². The molecule has 0 saturated carbocycles. The number of halogens is 1. The summed E-state index contributed by atoms with van der Waals surface area (Å²) >= 11 is 3.27. The quantitative estimate of drug-likeness (QED) is 0.791. The predicted octanol–water partition coefficient (Wildman–Crippen LogP) is 1.57. The molecule has 1 unspecified atom stereocenters. The van der Waals surface area contributed by atoms with E-state index in [9.17, 15) is 8.42 Å². The standard InChI is InChI=1S/C12H20BrN3O2S/c1-8(7-16(3)4)15-19(17,18)12-6-10(13)5-11(14)9(12)2/h5-6,8,15H,7,14H2,1-4H3. The van der Waals surface area contributed by atoms with E-state index < -0.39 is 10.0 Å². The van der Waals surface area contributed by atoms with Crippen molar-refractivity contribution in [2.24, 2.45) is 0 Å². The Morgan fingerprint density at radius 1 is 1.42 bits per heavy atom. The molecular formula is C12H20BrN3O2S. The zero-order chi connectivity index (χ0) is 14.8. The lowest BCUT2D eigenvalue weighted by Gasteiger charge is -2.19. The zero-order valence-corrected chi connectivity index (χ0v) is 14.0. The summed E-state index contributed by atoms with van der Waals surface area (Å²) < 4.78 is 28.0. The van der Waals surface area contributed by atoms with E-state index in [4.69, 9.17) is 5.73 Å². The first-order chi connectivity index (χ1) is 8.63. The smallest absolute Gasteiger partial charge is 0.241 e. The summed E-state index contributed by atoms with van der Waals surface area (Å²) in [5, 5.41) is 0. The van der Waals surface area contributed by atoms with Gasteiger partial charge >= 0.3 is 0 Å². The second-order valence-electron chi connectivity index (χ2n) is 4.90. The number of likely N-dealkylation sites (N-methyl/N-ethyl adjacent to an activating group) is 1. The van der Waals surface area contributed by atoms with E-state index in [1.165, 1.54) is 0 Å². The van der Waals surface area contributed by atoms with Gasteiger partial charge in [-0.05, 0) is 45.6 Å². The first-order valence-corrected chi connectivity index (χ1v) is 8.14. The lowest BCUT2D eigenvalue weighted by Crippen LogP contribution is -2.39. The Morgan fingerprint density at radius 3 is 2.53 bits per heavy atom. The topological polar surface area (TPSA) is 75.4 Å². The third-order valence-corrected chi connectivity index (χ3v) is 4.82.